The first-order valence-electron chi connectivity index (χ1n) is 10.5. The Kier molecular flexibility index (Phi) is 6.39. The van der Waals surface area contributed by atoms with E-state index in [1.165, 1.54) is 10.7 Å². The molecule has 160 valence electrons. The third-order valence-corrected chi connectivity index (χ3v) is 6.31. The number of rotatable bonds is 5. The minimum absolute atomic E-state index is 0.00413. The van der Waals surface area contributed by atoms with Crippen LogP contribution in [0.3, 0.4) is 0 Å². The molecule has 0 bridgehead atoms. The van der Waals surface area contributed by atoms with Gasteiger partial charge in [0.15, 0.2) is 0 Å². The molecule has 30 heavy (non-hydrogen) atoms. The van der Waals surface area contributed by atoms with Crippen LogP contribution in [0.1, 0.15) is 31.2 Å². The number of hydrogen-bond acceptors (Lipinski definition) is 5. The lowest BCUT2D eigenvalue weighted by molar-refractivity contribution is -0.126. The first-order chi connectivity index (χ1) is 14.5. The average Bonchev–Trinajstić information content (AvgIpc) is 3.28. The Morgan fingerprint density at radius 2 is 2.03 bits per heavy atom. The summed E-state index contributed by atoms with van der Waals surface area (Å²) >= 11 is 6.22. The molecule has 8 heteroatoms. The number of halogens is 1. The molecule has 2 fully saturated rings. The van der Waals surface area contributed by atoms with Crippen molar-refractivity contribution in [2.45, 2.75) is 38.7 Å². The van der Waals surface area contributed by atoms with E-state index in [1.807, 2.05) is 19.1 Å². The quantitative estimate of drug-likeness (QED) is 0.789. The van der Waals surface area contributed by atoms with E-state index in [4.69, 9.17) is 16.3 Å². The van der Waals surface area contributed by atoms with Gasteiger partial charge in [-0.15, -0.1) is 5.10 Å². The molecular formula is C22H27ClN4O3. The Balaban J connectivity index is 1.39. The summed E-state index contributed by atoms with van der Waals surface area (Å²) in [4.78, 5) is 27.0. The third kappa shape index (κ3) is 4.68. The highest BCUT2D eigenvalue weighted by atomic mass is 35.5. The molecule has 0 radical (unpaired) electrons. The van der Waals surface area contributed by atoms with Gasteiger partial charge < -0.3 is 15.0 Å². The van der Waals surface area contributed by atoms with Gasteiger partial charge in [-0.2, -0.15) is 4.68 Å². The number of aromatic nitrogens is 2. The maximum Gasteiger partial charge on any atom is 0.271 e. The van der Waals surface area contributed by atoms with Crippen LogP contribution in [-0.2, 0) is 9.53 Å². The molecule has 2 saturated heterocycles. The largest absolute Gasteiger partial charge is 0.376 e. The average molecular weight is 431 g/mol. The van der Waals surface area contributed by atoms with E-state index in [-0.39, 0.29) is 23.5 Å². The molecule has 2 aliphatic heterocycles. The van der Waals surface area contributed by atoms with Crippen LogP contribution < -0.4 is 15.8 Å². The number of nitrogens with one attached hydrogen (secondary N) is 1. The van der Waals surface area contributed by atoms with Crippen molar-refractivity contribution in [3.8, 4) is 5.69 Å². The number of benzene rings is 1. The van der Waals surface area contributed by atoms with Gasteiger partial charge in [-0.05, 0) is 56.4 Å². The summed E-state index contributed by atoms with van der Waals surface area (Å²) in [6, 6.07) is 8.73. The van der Waals surface area contributed by atoms with Crippen LogP contribution in [0.25, 0.3) is 5.69 Å². The van der Waals surface area contributed by atoms with Gasteiger partial charge in [0, 0.05) is 43.2 Å². The minimum atomic E-state index is -0.206. The number of anilines is 1. The summed E-state index contributed by atoms with van der Waals surface area (Å²) in [5, 5.41) is 8.19. The highest BCUT2D eigenvalue weighted by Gasteiger charge is 2.27. The van der Waals surface area contributed by atoms with Crippen LogP contribution in [0, 0.1) is 12.8 Å². The van der Waals surface area contributed by atoms with Crippen molar-refractivity contribution < 1.29 is 9.53 Å². The lowest BCUT2D eigenvalue weighted by Gasteiger charge is -2.32. The summed E-state index contributed by atoms with van der Waals surface area (Å²) in [7, 11) is 0. The topological polar surface area (TPSA) is 76.5 Å². The lowest BCUT2D eigenvalue weighted by Crippen LogP contribution is -2.43. The standard InChI is InChI=1S/C22H27ClN4O3/c1-15-4-5-17(13-19(15)23)27-21(28)7-6-20(25-27)26-10-8-16(9-11-26)22(29)24-14-18-3-2-12-30-18/h4-7,13,16,18H,2-3,8-12,14H2,1H3,(H,24,29)/t18-/m1/s1. The number of carbonyl (C=O) groups excluding carboxylic acids is 1. The fourth-order valence-electron chi connectivity index (χ4n) is 4.00. The van der Waals surface area contributed by atoms with Gasteiger partial charge in [-0.3, -0.25) is 9.59 Å². The fourth-order valence-corrected chi connectivity index (χ4v) is 4.18. The molecule has 1 aromatic carbocycles. The normalized spacial score (nSPS) is 19.8. The van der Waals surface area contributed by atoms with Crippen LogP contribution in [0.15, 0.2) is 35.1 Å². The first-order valence-corrected chi connectivity index (χ1v) is 10.9. The molecule has 1 aromatic heterocycles. The molecule has 2 aliphatic rings. The van der Waals surface area contributed by atoms with Gasteiger partial charge in [-0.25, -0.2) is 0 Å². The Labute approximate surface area is 181 Å². The minimum Gasteiger partial charge on any atom is -0.376 e. The summed E-state index contributed by atoms with van der Waals surface area (Å²) in [6.45, 7) is 4.75. The maximum absolute atomic E-state index is 12.5. The van der Waals surface area contributed by atoms with E-state index < -0.39 is 0 Å². The van der Waals surface area contributed by atoms with Gasteiger partial charge in [0.1, 0.15) is 5.82 Å². The van der Waals surface area contributed by atoms with Crippen LogP contribution in [0.4, 0.5) is 5.82 Å². The molecule has 0 spiro atoms. The van der Waals surface area contributed by atoms with Crippen molar-refractivity contribution in [3.63, 3.8) is 0 Å². The Hall–Kier alpha value is -2.38. The number of aryl methyl sites for hydroxylation is 1. The monoisotopic (exact) mass is 430 g/mol. The highest BCUT2D eigenvalue weighted by molar-refractivity contribution is 6.31. The first kappa shape index (κ1) is 20.9. The second kappa shape index (κ2) is 9.18. The maximum atomic E-state index is 12.5. The zero-order chi connectivity index (χ0) is 21.1. The van der Waals surface area contributed by atoms with Gasteiger partial charge in [-0.1, -0.05) is 17.7 Å². The predicted octanol–water partition coefficient (Wildman–Crippen LogP) is 2.71. The number of nitrogens with zero attached hydrogens (tertiary/aromatic N) is 3. The Morgan fingerprint density at radius 1 is 1.23 bits per heavy atom. The molecule has 0 unspecified atom stereocenters. The zero-order valence-corrected chi connectivity index (χ0v) is 17.9. The van der Waals surface area contributed by atoms with Crippen molar-refractivity contribution in [2.24, 2.45) is 5.92 Å². The van der Waals surface area contributed by atoms with Crippen molar-refractivity contribution in [1.29, 1.82) is 0 Å². The number of piperidine rings is 1. The van der Waals surface area contributed by atoms with Gasteiger partial charge >= 0.3 is 0 Å². The Bertz CT molecular complexity index is 963. The number of ether oxygens (including phenoxy) is 1. The molecule has 2 aromatic rings. The van der Waals surface area contributed by atoms with Crippen molar-refractivity contribution in [2.75, 3.05) is 31.1 Å². The van der Waals surface area contributed by atoms with E-state index >= 15 is 0 Å². The molecule has 0 aliphatic carbocycles. The summed E-state index contributed by atoms with van der Waals surface area (Å²) in [6.07, 6.45) is 3.77. The molecule has 1 N–H and O–H groups in total. The van der Waals surface area contributed by atoms with Crippen LogP contribution in [0.5, 0.6) is 0 Å². The van der Waals surface area contributed by atoms with Crippen molar-refractivity contribution in [1.82, 2.24) is 15.1 Å². The second-order valence-corrected chi connectivity index (χ2v) is 8.42. The number of hydrogen-bond donors (Lipinski definition) is 1. The summed E-state index contributed by atoms with van der Waals surface area (Å²) in [5.41, 5.74) is 1.38. The second-order valence-electron chi connectivity index (χ2n) is 8.02. The molecule has 1 amide bonds. The molecular weight excluding hydrogens is 404 g/mol. The number of carbonyl (C=O) groups is 1. The predicted molar refractivity (Wildman–Crippen MR) is 117 cm³/mol. The molecule has 7 nitrogen and oxygen atoms in total. The summed E-state index contributed by atoms with van der Waals surface area (Å²) < 4.78 is 6.95. The SMILES string of the molecule is Cc1ccc(-n2nc(N3CCC(C(=O)NC[C@H]4CCCO4)CC3)ccc2=O)cc1Cl. The third-order valence-electron chi connectivity index (χ3n) is 5.90. The van der Waals surface area contributed by atoms with E-state index in [0.717, 1.165) is 56.8 Å². The molecule has 4 rings (SSSR count). The van der Waals surface area contributed by atoms with Gasteiger partial charge in [0.2, 0.25) is 5.91 Å². The van der Waals surface area contributed by atoms with Crippen LogP contribution in [0.2, 0.25) is 5.02 Å². The van der Waals surface area contributed by atoms with Gasteiger partial charge in [0.25, 0.3) is 5.56 Å². The zero-order valence-electron chi connectivity index (χ0n) is 17.1. The van der Waals surface area contributed by atoms with E-state index in [1.54, 1.807) is 12.1 Å². The van der Waals surface area contributed by atoms with E-state index in [2.05, 4.69) is 15.3 Å². The lowest BCUT2D eigenvalue weighted by atomic mass is 9.96. The van der Waals surface area contributed by atoms with E-state index in [0.29, 0.717) is 17.3 Å². The van der Waals surface area contributed by atoms with Crippen LogP contribution >= 0.6 is 11.6 Å². The Morgan fingerprint density at radius 3 is 2.73 bits per heavy atom. The molecule has 0 saturated carbocycles. The van der Waals surface area contributed by atoms with Crippen LogP contribution in [-0.4, -0.2) is 48.0 Å². The van der Waals surface area contributed by atoms with E-state index in [9.17, 15) is 9.59 Å². The molecule has 1 atom stereocenters. The summed E-state index contributed by atoms with van der Waals surface area (Å²) in [5.74, 6) is 0.839. The van der Waals surface area contributed by atoms with Gasteiger partial charge in [0.05, 0.1) is 11.8 Å². The highest BCUT2D eigenvalue weighted by Crippen LogP contribution is 2.23. The fraction of sp³-hybridized carbons (Fsp3) is 0.500. The molecule has 3 heterocycles. The number of amides is 1. The smallest absolute Gasteiger partial charge is 0.271 e. The van der Waals surface area contributed by atoms with Crippen molar-refractivity contribution in [3.05, 3.63) is 51.3 Å². The van der Waals surface area contributed by atoms with Crippen molar-refractivity contribution >= 4 is 23.3 Å².